The number of aryl methyl sites for hydroxylation is 1. The van der Waals surface area contributed by atoms with E-state index in [0.717, 1.165) is 0 Å². The third-order valence-corrected chi connectivity index (χ3v) is 3.49. The van der Waals surface area contributed by atoms with E-state index in [2.05, 4.69) is 19.7 Å². The van der Waals surface area contributed by atoms with E-state index in [4.69, 9.17) is 0 Å². The summed E-state index contributed by atoms with van der Waals surface area (Å²) in [6.07, 6.45) is 0. The van der Waals surface area contributed by atoms with E-state index in [9.17, 15) is 19.2 Å². The minimum absolute atomic E-state index is 0.0684. The number of carbonyl (C=O) groups excluding carboxylic acids is 4. The van der Waals surface area contributed by atoms with Gasteiger partial charge in [0, 0.05) is 0 Å². The smallest absolute Gasteiger partial charge is 0.346 e. The van der Waals surface area contributed by atoms with Crippen molar-refractivity contribution in [3.8, 4) is 0 Å². The van der Waals surface area contributed by atoms with Crippen molar-refractivity contribution < 1.29 is 28.7 Å². The first kappa shape index (κ1) is 16.2. The van der Waals surface area contributed by atoms with E-state index in [1.165, 1.54) is 30.3 Å². The summed E-state index contributed by atoms with van der Waals surface area (Å²) in [6, 6.07) is 8.98. The minimum atomic E-state index is -0.752. The lowest BCUT2D eigenvalue weighted by Gasteiger charge is -2.03. The van der Waals surface area contributed by atoms with Gasteiger partial charge in [0.25, 0.3) is 0 Å². The molecule has 0 amide bonds. The van der Waals surface area contributed by atoms with Gasteiger partial charge in [-0.2, -0.15) is 10.2 Å². The molecule has 0 aliphatic carbocycles. The van der Waals surface area contributed by atoms with Crippen LogP contribution in [-0.4, -0.2) is 24.4 Å². The van der Waals surface area contributed by atoms with E-state index >= 15 is 0 Å². The van der Waals surface area contributed by atoms with E-state index in [1.54, 1.807) is 13.0 Å². The molecule has 8 nitrogen and oxygen atoms in total. The molecular formula is C17H10N2O6. The Balaban J connectivity index is 1.83. The number of fused-ring (bicyclic) bond motifs is 1. The summed E-state index contributed by atoms with van der Waals surface area (Å²) >= 11 is 0. The number of cyclic esters (lactones) is 2. The Morgan fingerprint density at radius 2 is 1.64 bits per heavy atom. The highest BCUT2D eigenvalue weighted by Crippen LogP contribution is 2.27. The average Bonchev–Trinajstić information content (AvgIpc) is 2.87. The van der Waals surface area contributed by atoms with Crippen LogP contribution in [0.5, 0.6) is 0 Å². The van der Waals surface area contributed by atoms with Crippen LogP contribution in [0.2, 0.25) is 0 Å². The highest BCUT2D eigenvalue weighted by atomic mass is 16.6. The molecule has 1 heterocycles. The van der Waals surface area contributed by atoms with Crippen LogP contribution >= 0.6 is 0 Å². The molecule has 0 N–H and O–H groups in total. The number of carbonyl (C=O) groups is 4. The summed E-state index contributed by atoms with van der Waals surface area (Å²) in [5, 5.41) is 8.02. The van der Waals surface area contributed by atoms with Gasteiger partial charge in [-0.1, -0.05) is 0 Å². The van der Waals surface area contributed by atoms with E-state index < -0.39 is 17.9 Å². The number of esters is 3. The number of hydrogen-bond acceptors (Lipinski definition) is 8. The number of ether oxygens (including phenoxy) is 2. The molecule has 0 bridgehead atoms. The second kappa shape index (κ2) is 6.44. The van der Waals surface area contributed by atoms with Crippen LogP contribution in [0.3, 0.4) is 0 Å². The van der Waals surface area contributed by atoms with Gasteiger partial charge in [-0.05, 0) is 48.9 Å². The first-order valence-corrected chi connectivity index (χ1v) is 7.07. The van der Waals surface area contributed by atoms with Gasteiger partial charge in [-0.15, -0.1) is 0 Å². The van der Waals surface area contributed by atoms with Crippen LogP contribution in [0.4, 0.5) is 11.4 Å². The van der Waals surface area contributed by atoms with E-state index in [0.29, 0.717) is 16.9 Å². The fourth-order valence-corrected chi connectivity index (χ4v) is 2.30. The standard InChI is InChI=1S/C17H10N2O6/c1-9-6-10(2-4-12(9)15(21)24-8-20)18-19-11-3-5-13-14(7-11)17(23)25-16(13)22/h2-8H,1H3. The van der Waals surface area contributed by atoms with E-state index in [1.807, 2.05) is 0 Å². The zero-order valence-corrected chi connectivity index (χ0v) is 12.9. The molecule has 0 fully saturated rings. The van der Waals surface area contributed by atoms with Gasteiger partial charge in [0.15, 0.2) is 0 Å². The summed E-state index contributed by atoms with van der Waals surface area (Å²) in [7, 11) is 0. The first-order chi connectivity index (χ1) is 12.0. The highest BCUT2D eigenvalue weighted by Gasteiger charge is 2.29. The van der Waals surface area contributed by atoms with Crippen molar-refractivity contribution in [3.05, 3.63) is 58.7 Å². The Kier molecular flexibility index (Phi) is 4.17. The second-order valence-corrected chi connectivity index (χ2v) is 5.11. The molecular weight excluding hydrogens is 328 g/mol. The SMILES string of the molecule is Cc1cc(N=Nc2ccc3c(c2)C(=O)OC3=O)ccc1C(=O)OC=O. The molecule has 0 radical (unpaired) electrons. The molecule has 2 aromatic rings. The topological polar surface area (TPSA) is 111 Å². The fourth-order valence-electron chi connectivity index (χ4n) is 2.30. The highest BCUT2D eigenvalue weighted by molar-refractivity contribution is 6.15. The van der Waals surface area contributed by atoms with E-state index in [-0.39, 0.29) is 23.2 Å². The lowest BCUT2D eigenvalue weighted by atomic mass is 10.1. The third kappa shape index (κ3) is 3.18. The fraction of sp³-hybridized carbons (Fsp3) is 0.0588. The summed E-state index contributed by atoms with van der Waals surface area (Å²) in [6.45, 7) is 1.73. The van der Waals surface area contributed by atoms with Gasteiger partial charge in [-0.3, -0.25) is 4.79 Å². The second-order valence-electron chi connectivity index (χ2n) is 5.11. The molecule has 1 aliphatic heterocycles. The number of nitrogens with zero attached hydrogens (tertiary/aromatic N) is 2. The Hall–Kier alpha value is -3.68. The third-order valence-electron chi connectivity index (χ3n) is 3.49. The molecule has 8 heteroatoms. The lowest BCUT2D eigenvalue weighted by molar-refractivity contribution is -0.123. The predicted molar refractivity (Wildman–Crippen MR) is 83.0 cm³/mol. The molecule has 0 saturated carbocycles. The first-order valence-electron chi connectivity index (χ1n) is 7.07. The molecule has 3 rings (SSSR count). The Bertz CT molecular complexity index is 948. The quantitative estimate of drug-likeness (QED) is 0.366. The van der Waals surface area contributed by atoms with Gasteiger partial charge in [-0.25, -0.2) is 14.4 Å². The summed E-state index contributed by atoms with van der Waals surface area (Å²) < 4.78 is 8.80. The van der Waals surface area contributed by atoms with Crippen LogP contribution < -0.4 is 0 Å². The maximum Gasteiger partial charge on any atom is 0.346 e. The van der Waals surface area contributed by atoms with Crippen molar-refractivity contribution in [2.24, 2.45) is 10.2 Å². The van der Waals surface area contributed by atoms with Crippen molar-refractivity contribution in [3.63, 3.8) is 0 Å². The molecule has 0 spiro atoms. The molecule has 0 atom stereocenters. The van der Waals surface area contributed by atoms with Crippen molar-refractivity contribution in [1.29, 1.82) is 0 Å². The Morgan fingerprint density at radius 3 is 2.32 bits per heavy atom. The molecule has 0 unspecified atom stereocenters. The number of benzene rings is 2. The molecule has 0 aromatic heterocycles. The minimum Gasteiger partial charge on any atom is -0.392 e. The van der Waals surface area contributed by atoms with Crippen LogP contribution in [-0.2, 0) is 14.3 Å². The van der Waals surface area contributed by atoms with Gasteiger partial charge in [0.1, 0.15) is 0 Å². The maximum absolute atomic E-state index is 11.5. The molecule has 124 valence electrons. The molecule has 1 aliphatic rings. The molecule has 2 aromatic carbocycles. The summed E-state index contributed by atoms with van der Waals surface area (Å²) in [4.78, 5) is 44.7. The Morgan fingerprint density at radius 1 is 1.00 bits per heavy atom. The largest absolute Gasteiger partial charge is 0.392 e. The monoisotopic (exact) mass is 338 g/mol. The lowest BCUT2D eigenvalue weighted by Crippen LogP contribution is -2.05. The summed E-state index contributed by atoms with van der Waals surface area (Å²) in [5.74, 6) is -2.15. The van der Waals surface area contributed by atoms with Crippen molar-refractivity contribution in [2.75, 3.05) is 0 Å². The molecule has 0 saturated heterocycles. The van der Waals surface area contributed by atoms with Crippen LogP contribution in [0, 0.1) is 6.92 Å². The zero-order chi connectivity index (χ0) is 18.0. The molecule has 25 heavy (non-hydrogen) atoms. The summed E-state index contributed by atoms with van der Waals surface area (Å²) in [5.41, 5.74) is 1.96. The predicted octanol–water partition coefficient (Wildman–Crippen LogP) is 3.03. The van der Waals surface area contributed by atoms with Crippen molar-refractivity contribution in [2.45, 2.75) is 6.92 Å². The van der Waals surface area contributed by atoms with Gasteiger partial charge < -0.3 is 9.47 Å². The maximum atomic E-state index is 11.5. The van der Waals surface area contributed by atoms with Crippen molar-refractivity contribution >= 4 is 35.8 Å². The van der Waals surface area contributed by atoms with Crippen LogP contribution in [0.25, 0.3) is 0 Å². The van der Waals surface area contributed by atoms with Crippen molar-refractivity contribution in [1.82, 2.24) is 0 Å². The number of hydrogen-bond donors (Lipinski definition) is 0. The average molecular weight is 338 g/mol. The Labute approximate surface area is 141 Å². The van der Waals surface area contributed by atoms with Gasteiger partial charge in [0.2, 0.25) is 0 Å². The van der Waals surface area contributed by atoms with Gasteiger partial charge in [0.05, 0.1) is 28.1 Å². The normalized spacial score (nSPS) is 12.8. The zero-order valence-electron chi connectivity index (χ0n) is 12.9. The van der Waals surface area contributed by atoms with Crippen LogP contribution in [0.15, 0.2) is 46.6 Å². The van der Waals surface area contributed by atoms with Crippen LogP contribution in [0.1, 0.15) is 36.6 Å². The number of rotatable bonds is 4. The number of azo groups is 1. The van der Waals surface area contributed by atoms with Gasteiger partial charge >= 0.3 is 24.4 Å².